The van der Waals surface area contributed by atoms with Crippen molar-refractivity contribution in [3.63, 3.8) is 0 Å². The lowest BCUT2D eigenvalue weighted by Crippen LogP contribution is -2.24. The Bertz CT molecular complexity index is 1110. The van der Waals surface area contributed by atoms with E-state index in [0.29, 0.717) is 16.8 Å². The first-order valence-electron chi connectivity index (χ1n) is 9.04. The van der Waals surface area contributed by atoms with E-state index in [0.717, 1.165) is 5.56 Å². The van der Waals surface area contributed by atoms with E-state index < -0.39 is 15.9 Å². The van der Waals surface area contributed by atoms with Crippen LogP contribution >= 0.6 is 0 Å². The quantitative estimate of drug-likeness (QED) is 0.557. The largest absolute Gasteiger partial charge is 0.392 e. The first kappa shape index (κ1) is 20.7. The number of sulfonamides is 1. The van der Waals surface area contributed by atoms with E-state index in [1.165, 1.54) is 6.07 Å². The molecule has 0 aliphatic carbocycles. The monoisotopic (exact) mass is 410 g/mol. The van der Waals surface area contributed by atoms with Crippen molar-refractivity contribution in [1.29, 1.82) is 0 Å². The summed E-state index contributed by atoms with van der Waals surface area (Å²) in [6, 6.07) is 20.6. The minimum atomic E-state index is -3.79. The highest BCUT2D eigenvalue weighted by molar-refractivity contribution is 7.89. The summed E-state index contributed by atoms with van der Waals surface area (Å²) in [4.78, 5) is 12.7. The van der Waals surface area contributed by atoms with Crippen LogP contribution in [0.15, 0.2) is 77.7 Å². The van der Waals surface area contributed by atoms with Crippen LogP contribution in [0.5, 0.6) is 0 Å². The number of aryl methyl sites for hydroxylation is 1. The van der Waals surface area contributed by atoms with Crippen molar-refractivity contribution in [2.24, 2.45) is 0 Å². The van der Waals surface area contributed by atoms with Gasteiger partial charge in [0.1, 0.15) is 0 Å². The van der Waals surface area contributed by atoms with Gasteiger partial charge in [0, 0.05) is 17.8 Å². The van der Waals surface area contributed by atoms with Gasteiger partial charge in [-0.2, -0.15) is 0 Å². The first-order valence-corrected chi connectivity index (χ1v) is 10.5. The molecule has 0 heterocycles. The van der Waals surface area contributed by atoms with E-state index in [9.17, 15) is 18.3 Å². The molecule has 0 saturated heterocycles. The predicted octanol–water partition coefficient (Wildman–Crippen LogP) is 3.22. The molecule has 7 heteroatoms. The fourth-order valence-electron chi connectivity index (χ4n) is 2.83. The summed E-state index contributed by atoms with van der Waals surface area (Å²) < 4.78 is 28.1. The zero-order valence-corrected chi connectivity index (χ0v) is 16.7. The average Bonchev–Trinajstić information content (AvgIpc) is 2.73. The molecule has 0 radical (unpaired) electrons. The number of rotatable bonds is 7. The van der Waals surface area contributed by atoms with Crippen LogP contribution in [0.2, 0.25) is 0 Å². The molecule has 0 aromatic heterocycles. The first-order chi connectivity index (χ1) is 13.9. The van der Waals surface area contributed by atoms with Crippen molar-refractivity contribution in [2.45, 2.75) is 25.0 Å². The van der Waals surface area contributed by atoms with E-state index >= 15 is 0 Å². The number of nitrogens with one attached hydrogen (secondary N) is 2. The minimum Gasteiger partial charge on any atom is -0.392 e. The number of carbonyl (C=O) groups is 1. The summed E-state index contributed by atoms with van der Waals surface area (Å²) in [6.07, 6.45) is 0. The Hall–Kier alpha value is -3.00. The summed E-state index contributed by atoms with van der Waals surface area (Å²) in [6.45, 7) is 1.71. The normalized spacial score (nSPS) is 11.2. The Morgan fingerprint density at radius 2 is 1.66 bits per heavy atom. The van der Waals surface area contributed by atoms with Crippen LogP contribution in [0.3, 0.4) is 0 Å². The lowest BCUT2D eigenvalue weighted by molar-refractivity contribution is 0.102. The van der Waals surface area contributed by atoms with Crippen molar-refractivity contribution in [2.75, 3.05) is 5.32 Å². The third-order valence-corrected chi connectivity index (χ3v) is 5.96. The third-order valence-electron chi connectivity index (χ3n) is 4.42. The molecule has 29 heavy (non-hydrogen) atoms. The summed E-state index contributed by atoms with van der Waals surface area (Å²) >= 11 is 0. The van der Waals surface area contributed by atoms with Gasteiger partial charge >= 0.3 is 0 Å². The molecular formula is C22H22N2O4S. The fraction of sp³-hybridized carbons (Fsp3) is 0.136. The van der Waals surface area contributed by atoms with Crippen LogP contribution < -0.4 is 10.0 Å². The van der Waals surface area contributed by atoms with Crippen LogP contribution in [0, 0.1) is 6.92 Å². The van der Waals surface area contributed by atoms with Gasteiger partial charge in [0.25, 0.3) is 5.91 Å². The molecule has 0 aliphatic heterocycles. The third kappa shape index (κ3) is 5.29. The van der Waals surface area contributed by atoms with Gasteiger partial charge in [-0.3, -0.25) is 4.79 Å². The molecule has 0 spiro atoms. The Labute approximate surface area is 170 Å². The van der Waals surface area contributed by atoms with Crippen LogP contribution in [0.1, 0.15) is 27.0 Å². The van der Waals surface area contributed by atoms with E-state index in [-0.39, 0.29) is 23.6 Å². The van der Waals surface area contributed by atoms with Crippen molar-refractivity contribution in [3.8, 4) is 0 Å². The second kappa shape index (κ2) is 9.00. The Morgan fingerprint density at radius 1 is 0.931 bits per heavy atom. The topological polar surface area (TPSA) is 95.5 Å². The number of carbonyl (C=O) groups excluding carboxylic acids is 1. The zero-order valence-electron chi connectivity index (χ0n) is 15.9. The van der Waals surface area contributed by atoms with Gasteiger partial charge in [-0.15, -0.1) is 0 Å². The van der Waals surface area contributed by atoms with Crippen LogP contribution in [0.4, 0.5) is 5.69 Å². The molecule has 6 nitrogen and oxygen atoms in total. The van der Waals surface area contributed by atoms with Crippen LogP contribution in [-0.4, -0.2) is 19.4 Å². The number of benzene rings is 3. The highest BCUT2D eigenvalue weighted by Crippen LogP contribution is 2.19. The van der Waals surface area contributed by atoms with Gasteiger partial charge in [-0.1, -0.05) is 48.5 Å². The van der Waals surface area contributed by atoms with Crippen molar-refractivity contribution in [1.82, 2.24) is 4.72 Å². The Morgan fingerprint density at radius 3 is 2.38 bits per heavy atom. The zero-order chi connectivity index (χ0) is 20.9. The van der Waals surface area contributed by atoms with E-state index in [1.54, 1.807) is 43.3 Å². The lowest BCUT2D eigenvalue weighted by Gasteiger charge is -2.12. The second-order valence-corrected chi connectivity index (χ2v) is 8.34. The summed E-state index contributed by atoms with van der Waals surface area (Å²) in [5.41, 5.74) is 2.80. The molecule has 1 amide bonds. The van der Waals surface area contributed by atoms with Crippen molar-refractivity contribution in [3.05, 3.63) is 95.1 Å². The molecule has 0 unspecified atom stereocenters. The Kier molecular flexibility index (Phi) is 6.43. The number of anilines is 1. The SMILES string of the molecule is Cc1ccc(C(=O)Nc2cccc(CO)c2)cc1S(=O)(=O)NCc1ccccc1. The van der Waals surface area contributed by atoms with Gasteiger partial charge < -0.3 is 10.4 Å². The van der Waals surface area contributed by atoms with Gasteiger partial charge in [0.15, 0.2) is 0 Å². The predicted molar refractivity (Wildman–Crippen MR) is 112 cm³/mol. The van der Waals surface area contributed by atoms with Gasteiger partial charge in [0.2, 0.25) is 10.0 Å². The number of hydrogen-bond donors (Lipinski definition) is 3. The molecule has 0 aliphatic rings. The molecule has 150 valence electrons. The van der Waals surface area contributed by atoms with Crippen LogP contribution in [-0.2, 0) is 23.2 Å². The summed E-state index contributed by atoms with van der Waals surface area (Å²) in [5.74, 6) is -0.431. The molecule has 3 aromatic carbocycles. The van der Waals surface area contributed by atoms with Crippen molar-refractivity contribution >= 4 is 21.6 Å². The smallest absolute Gasteiger partial charge is 0.255 e. The van der Waals surface area contributed by atoms with Crippen molar-refractivity contribution < 1.29 is 18.3 Å². The minimum absolute atomic E-state index is 0.0604. The molecule has 0 saturated carbocycles. The Balaban J connectivity index is 1.80. The van der Waals surface area contributed by atoms with Gasteiger partial charge in [-0.25, -0.2) is 13.1 Å². The van der Waals surface area contributed by atoms with Crippen LogP contribution in [0.25, 0.3) is 0 Å². The maximum atomic E-state index is 12.8. The molecular weight excluding hydrogens is 388 g/mol. The molecule has 3 N–H and O–H groups in total. The summed E-state index contributed by atoms with van der Waals surface area (Å²) in [5, 5.41) is 11.9. The van der Waals surface area contributed by atoms with E-state index in [2.05, 4.69) is 10.0 Å². The molecule has 3 rings (SSSR count). The number of hydrogen-bond acceptors (Lipinski definition) is 4. The van der Waals surface area contributed by atoms with E-state index in [1.807, 2.05) is 30.3 Å². The maximum Gasteiger partial charge on any atom is 0.255 e. The number of aliphatic hydroxyl groups excluding tert-OH is 1. The number of aliphatic hydroxyl groups is 1. The highest BCUT2D eigenvalue weighted by atomic mass is 32.2. The molecule has 3 aromatic rings. The van der Waals surface area contributed by atoms with Gasteiger partial charge in [-0.05, 0) is 47.9 Å². The fourth-order valence-corrected chi connectivity index (χ4v) is 4.12. The second-order valence-electron chi connectivity index (χ2n) is 6.60. The van der Waals surface area contributed by atoms with E-state index in [4.69, 9.17) is 0 Å². The molecule has 0 atom stereocenters. The maximum absolute atomic E-state index is 12.8. The average molecular weight is 410 g/mol. The standard InChI is InChI=1S/C22H22N2O4S/c1-16-10-11-19(22(26)24-20-9-5-8-18(12-20)15-25)13-21(16)29(27,28)23-14-17-6-3-2-4-7-17/h2-13,23,25H,14-15H2,1H3,(H,24,26). The molecule has 0 bridgehead atoms. The lowest BCUT2D eigenvalue weighted by atomic mass is 10.1. The summed E-state index contributed by atoms with van der Waals surface area (Å²) in [7, 11) is -3.79. The van der Waals surface area contributed by atoms with Gasteiger partial charge in [0.05, 0.1) is 11.5 Å². The highest BCUT2D eigenvalue weighted by Gasteiger charge is 2.19. The molecule has 0 fully saturated rings. The number of amides is 1.